The number of anilines is 1. The molecule has 3 aliphatic rings. The molecular weight excluding hydrogens is 526 g/mol. The van der Waals surface area contributed by atoms with Crippen LogP contribution in [-0.2, 0) is 19.4 Å². The van der Waals surface area contributed by atoms with Gasteiger partial charge in [0.05, 0.1) is 21.2 Å². The average molecular weight is 554 g/mol. The Hall–Kier alpha value is -2.28. The number of piperidine rings is 1. The number of carboxylic acid groups (broad SMARTS) is 1. The van der Waals surface area contributed by atoms with Gasteiger partial charge in [-0.2, -0.15) is 4.37 Å². The van der Waals surface area contributed by atoms with Crippen molar-refractivity contribution in [2.45, 2.75) is 60.9 Å². The van der Waals surface area contributed by atoms with Crippen LogP contribution in [-0.4, -0.2) is 94.1 Å². The minimum absolute atomic E-state index is 0.0299. The zero-order valence-electron chi connectivity index (χ0n) is 19.8. The van der Waals surface area contributed by atoms with Gasteiger partial charge in [-0.1, -0.05) is 23.7 Å². The van der Waals surface area contributed by atoms with Crippen molar-refractivity contribution in [1.82, 2.24) is 19.2 Å². The zero-order valence-corrected chi connectivity index (χ0v) is 22.2. The number of carbonyl (C=O) groups is 2. The molecule has 5 rings (SSSR count). The van der Waals surface area contributed by atoms with E-state index in [1.165, 1.54) is 28.6 Å². The molecule has 0 radical (unpaired) electrons. The van der Waals surface area contributed by atoms with E-state index in [4.69, 9.17) is 11.6 Å². The van der Waals surface area contributed by atoms with Gasteiger partial charge in [-0.05, 0) is 44.7 Å². The number of carboxylic acids is 1. The number of halogens is 1. The molecule has 3 saturated heterocycles. The van der Waals surface area contributed by atoms with Crippen LogP contribution in [0.5, 0.6) is 0 Å². The lowest BCUT2D eigenvalue weighted by molar-refractivity contribution is -0.154. The lowest BCUT2D eigenvalue weighted by Gasteiger charge is -2.48. The first kappa shape index (κ1) is 25.4. The van der Waals surface area contributed by atoms with E-state index in [1.54, 1.807) is 12.1 Å². The summed E-state index contributed by atoms with van der Waals surface area (Å²) in [6.07, 6.45) is 2.23. The number of hydrogen-bond donors (Lipinski definition) is 1. The summed E-state index contributed by atoms with van der Waals surface area (Å²) in [5.74, 6) is -0.724. The van der Waals surface area contributed by atoms with Gasteiger partial charge >= 0.3 is 5.97 Å². The van der Waals surface area contributed by atoms with Crippen molar-refractivity contribution in [3.05, 3.63) is 35.1 Å². The Bertz CT molecular complexity index is 1260. The van der Waals surface area contributed by atoms with Gasteiger partial charge < -0.3 is 14.9 Å². The molecule has 1 N–H and O–H groups in total. The maximum atomic E-state index is 13.5. The molecule has 10 nitrogen and oxygen atoms in total. The fourth-order valence-electron chi connectivity index (χ4n) is 5.46. The van der Waals surface area contributed by atoms with E-state index < -0.39 is 33.1 Å². The molecule has 2 aromatic rings. The van der Waals surface area contributed by atoms with Crippen molar-refractivity contribution < 1.29 is 23.1 Å². The van der Waals surface area contributed by atoms with Gasteiger partial charge in [-0.15, -0.1) is 0 Å². The normalized spacial score (nSPS) is 25.7. The summed E-state index contributed by atoms with van der Waals surface area (Å²) in [4.78, 5) is 35.6. The third-order valence-corrected chi connectivity index (χ3v) is 11.0. The Morgan fingerprint density at radius 1 is 1.11 bits per heavy atom. The summed E-state index contributed by atoms with van der Waals surface area (Å²) in [5, 5.41) is 9.81. The second-order valence-electron chi connectivity index (χ2n) is 9.56. The molecule has 3 aliphatic heterocycles. The number of aryl methyl sites for hydroxylation is 1. The first-order chi connectivity index (χ1) is 17.2. The van der Waals surface area contributed by atoms with Crippen LogP contribution in [0, 0.1) is 6.92 Å². The lowest BCUT2D eigenvalue weighted by atomic mass is 9.93. The molecular formula is C23H28ClN5O5S2. The highest BCUT2D eigenvalue weighted by molar-refractivity contribution is 7.92. The minimum atomic E-state index is -3.90. The van der Waals surface area contributed by atoms with Gasteiger partial charge in [-0.3, -0.25) is 9.69 Å². The van der Waals surface area contributed by atoms with Crippen LogP contribution in [0.3, 0.4) is 0 Å². The monoisotopic (exact) mass is 553 g/mol. The number of likely N-dealkylation sites (tertiary alicyclic amines) is 2. The van der Waals surface area contributed by atoms with E-state index in [1.807, 2.05) is 6.92 Å². The molecule has 3 fully saturated rings. The van der Waals surface area contributed by atoms with Crippen molar-refractivity contribution >= 4 is 50.0 Å². The Balaban J connectivity index is 1.27. The first-order valence-corrected chi connectivity index (χ1v) is 14.7. The number of rotatable bonds is 6. The number of amides is 1. The standard InChI is InChI=1S/C23H28ClN5O5S2/c1-14-25-23(35-26-14)27-9-6-15(7-10-27)28-11-8-18(28)21(30)29-13-16(12-19(29)22(31)32)36(33,34)20-5-3-2-4-17(20)24/h2-5,15-16,18-19H,6-13H2,1H3,(H,31,32)/t16-,18?,19+/m1/s1. The summed E-state index contributed by atoms with van der Waals surface area (Å²) in [5.41, 5.74) is 0. The topological polar surface area (TPSA) is 124 Å². The smallest absolute Gasteiger partial charge is 0.326 e. The Labute approximate surface area is 218 Å². The van der Waals surface area contributed by atoms with E-state index >= 15 is 0 Å². The van der Waals surface area contributed by atoms with Crippen molar-refractivity contribution in [3.8, 4) is 0 Å². The number of benzene rings is 1. The van der Waals surface area contributed by atoms with E-state index in [9.17, 15) is 23.1 Å². The van der Waals surface area contributed by atoms with Crippen LogP contribution in [0.4, 0.5) is 5.13 Å². The Morgan fingerprint density at radius 3 is 2.42 bits per heavy atom. The Kier molecular flexibility index (Phi) is 6.96. The largest absolute Gasteiger partial charge is 0.480 e. The summed E-state index contributed by atoms with van der Waals surface area (Å²) in [6, 6.07) is 4.74. The quantitative estimate of drug-likeness (QED) is 0.572. The van der Waals surface area contributed by atoms with Gasteiger partial charge in [0.25, 0.3) is 0 Å². The molecule has 3 atom stereocenters. The fraction of sp³-hybridized carbons (Fsp3) is 0.565. The second kappa shape index (κ2) is 9.88. The number of hydrogen-bond acceptors (Lipinski definition) is 9. The highest BCUT2D eigenvalue weighted by Crippen LogP contribution is 2.35. The third kappa shape index (κ3) is 4.59. The third-order valence-electron chi connectivity index (χ3n) is 7.48. The van der Waals surface area contributed by atoms with Gasteiger partial charge in [0.15, 0.2) is 9.84 Å². The molecule has 1 amide bonds. The summed E-state index contributed by atoms with van der Waals surface area (Å²) in [6.45, 7) is 4.12. The molecule has 0 saturated carbocycles. The lowest BCUT2D eigenvalue weighted by Crippen LogP contribution is -2.63. The Morgan fingerprint density at radius 2 is 1.83 bits per heavy atom. The SMILES string of the molecule is Cc1nsc(N2CCC(N3CCC3C(=O)N3C[C@H](S(=O)(=O)c4ccccc4Cl)C[C@H]3C(=O)O)CC2)n1. The van der Waals surface area contributed by atoms with Gasteiger partial charge in [0, 0.05) is 43.8 Å². The van der Waals surface area contributed by atoms with E-state index in [2.05, 4.69) is 19.2 Å². The number of carbonyl (C=O) groups excluding carboxylic acids is 1. The van der Waals surface area contributed by atoms with Crippen molar-refractivity contribution in [2.75, 3.05) is 31.1 Å². The predicted octanol–water partition coefficient (Wildman–Crippen LogP) is 2.07. The van der Waals surface area contributed by atoms with Crippen molar-refractivity contribution in [1.29, 1.82) is 0 Å². The molecule has 4 heterocycles. The van der Waals surface area contributed by atoms with Crippen LogP contribution in [0.1, 0.15) is 31.5 Å². The molecule has 0 spiro atoms. The molecule has 36 heavy (non-hydrogen) atoms. The summed E-state index contributed by atoms with van der Waals surface area (Å²) >= 11 is 7.52. The number of sulfone groups is 1. The molecule has 0 aliphatic carbocycles. The van der Waals surface area contributed by atoms with Crippen LogP contribution >= 0.6 is 23.1 Å². The summed E-state index contributed by atoms with van der Waals surface area (Å²) in [7, 11) is -3.90. The number of nitrogens with zero attached hydrogens (tertiary/aromatic N) is 5. The van der Waals surface area contributed by atoms with Crippen molar-refractivity contribution in [2.24, 2.45) is 0 Å². The van der Waals surface area contributed by atoms with Gasteiger partial charge in [0.2, 0.25) is 11.0 Å². The molecule has 194 valence electrons. The van der Waals surface area contributed by atoms with Crippen LogP contribution in [0.2, 0.25) is 5.02 Å². The van der Waals surface area contributed by atoms with Crippen LogP contribution in [0.15, 0.2) is 29.2 Å². The maximum Gasteiger partial charge on any atom is 0.326 e. The first-order valence-electron chi connectivity index (χ1n) is 12.0. The van der Waals surface area contributed by atoms with Crippen LogP contribution < -0.4 is 4.90 Å². The van der Waals surface area contributed by atoms with Crippen LogP contribution in [0.25, 0.3) is 0 Å². The van der Waals surface area contributed by atoms with E-state index in [-0.39, 0.29) is 34.8 Å². The van der Waals surface area contributed by atoms with Gasteiger partial charge in [0.1, 0.15) is 11.9 Å². The minimum Gasteiger partial charge on any atom is -0.480 e. The predicted molar refractivity (Wildman–Crippen MR) is 135 cm³/mol. The van der Waals surface area contributed by atoms with E-state index in [0.717, 1.165) is 43.4 Å². The number of aliphatic carboxylic acids is 1. The molecule has 1 aromatic carbocycles. The average Bonchev–Trinajstić information content (AvgIpc) is 3.46. The second-order valence-corrected chi connectivity index (χ2v) is 12.9. The molecule has 1 unspecified atom stereocenters. The zero-order chi connectivity index (χ0) is 25.6. The van der Waals surface area contributed by atoms with Gasteiger partial charge in [-0.25, -0.2) is 18.2 Å². The maximum absolute atomic E-state index is 13.5. The van der Waals surface area contributed by atoms with E-state index in [0.29, 0.717) is 6.42 Å². The molecule has 0 bridgehead atoms. The van der Waals surface area contributed by atoms with Crippen molar-refractivity contribution in [3.63, 3.8) is 0 Å². The molecule has 1 aromatic heterocycles. The highest BCUT2D eigenvalue weighted by Gasteiger charge is 2.50. The molecule has 13 heteroatoms. The highest BCUT2D eigenvalue weighted by atomic mass is 35.5. The number of aromatic nitrogens is 2. The summed E-state index contributed by atoms with van der Waals surface area (Å²) < 4.78 is 30.8. The fourth-order valence-corrected chi connectivity index (χ4v) is 8.40.